The Bertz CT molecular complexity index is 851. The zero-order valence-corrected chi connectivity index (χ0v) is 21.2. The van der Waals surface area contributed by atoms with Crippen LogP contribution in [0.5, 0.6) is 0 Å². The topological polar surface area (TPSA) is 85.7 Å². The van der Waals surface area contributed by atoms with Gasteiger partial charge in [-0.25, -0.2) is 8.51 Å². The number of rotatable bonds is 4. The van der Waals surface area contributed by atoms with Crippen molar-refractivity contribution in [2.75, 3.05) is 39.4 Å². The molecule has 5 atom stereocenters. The van der Waals surface area contributed by atoms with Gasteiger partial charge < -0.3 is 15.0 Å². The summed E-state index contributed by atoms with van der Waals surface area (Å²) in [6.07, 6.45) is 14.4. The molecule has 3 aliphatic carbocycles. The number of piperidine rings is 1. The number of hydrogen-bond donors (Lipinski definition) is 1. The highest BCUT2D eigenvalue weighted by Gasteiger charge is 2.50. The highest BCUT2D eigenvalue weighted by Crippen LogP contribution is 2.43. The second-order valence-electron chi connectivity index (χ2n) is 11.0. The molecule has 2 saturated carbocycles. The maximum atomic E-state index is 13.5. The van der Waals surface area contributed by atoms with Crippen LogP contribution in [0.3, 0.4) is 0 Å². The Morgan fingerprint density at radius 1 is 1.09 bits per heavy atom. The summed E-state index contributed by atoms with van der Waals surface area (Å²) in [5, 5.41) is 13.3. The monoisotopic (exact) mass is 488 g/mol. The van der Waals surface area contributed by atoms with Crippen LogP contribution in [0.2, 0.25) is 0 Å². The van der Waals surface area contributed by atoms with E-state index in [0.717, 1.165) is 67.2 Å². The molecule has 8 heteroatoms. The van der Waals surface area contributed by atoms with Gasteiger partial charge in [0.1, 0.15) is 23.1 Å². The number of nitrogens with zero attached hydrogens (tertiary/aromatic N) is 3. The predicted molar refractivity (Wildman–Crippen MR) is 132 cm³/mol. The molecule has 1 amide bonds. The van der Waals surface area contributed by atoms with Crippen LogP contribution in [0.4, 0.5) is 0 Å². The smallest absolute Gasteiger partial charge is 0.249 e. The number of hydrogen-bond acceptors (Lipinski definition) is 5. The van der Waals surface area contributed by atoms with Crippen molar-refractivity contribution in [2.45, 2.75) is 82.2 Å². The van der Waals surface area contributed by atoms with Gasteiger partial charge in [-0.1, -0.05) is 6.08 Å². The molecule has 188 valence electrons. The van der Waals surface area contributed by atoms with Gasteiger partial charge in [-0.15, -0.1) is 0 Å². The third-order valence-corrected chi connectivity index (χ3v) is 10.6. The molecule has 2 heterocycles. The largest absolute Gasteiger partial charge is 0.370 e. The zero-order valence-electron chi connectivity index (χ0n) is 20.4. The van der Waals surface area contributed by atoms with Crippen LogP contribution in [0.1, 0.15) is 70.6 Å². The number of allylic oxidation sites excluding steroid dienone is 2. The average molecular weight is 489 g/mol. The van der Waals surface area contributed by atoms with E-state index in [1.807, 2.05) is 4.31 Å². The van der Waals surface area contributed by atoms with Crippen LogP contribution in [0.15, 0.2) is 11.0 Å². The first kappa shape index (κ1) is 24.4. The van der Waals surface area contributed by atoms with E-state index in [1.54, 1.807) is 4.90 Å². The molecule has 5 aliphatic rings. The van der Waals surface area contributed by atoms with Crippen molar-refractivity contribution in [3.05, 3.63) is 11.0 Å². The molecule has 7 nitrogen and oxygen atoms in total. The molecule has 0 aromatic rings. The molecule has 0 bridgehead atoms. The molecule has 5 rings (SSSR count). The van der Waals surface area contributed by atoms with Gasteiger partial charge in [0.15, 0.2) is 0 Å². The highest BCUT2D eigenvalue weighted by atomic mass is 32.2. The second kappa shape index (κ2) is 10.8. The lowest BCUT2D eigenvalue weighted by Crippen LogP contribution is -2.46. The molecule has 2 unspecified atom stereocenters. The van der Waals surface area contributed by atoms with Gasteiger partial charge in [0.25, 0.3) is 0 Å². The van der Waals surface area contributed by atoms with Crippen LogP contribution >= 0.6 is 0 Å². The number of carbonyl (C=O) groups is 1. The van der Waals surface area contributed by atoms with Crippen molar-refractivity contribution < 1.29 is 13.7 Å². The Balaban J connectivity index is 1.15. The molecule has 4 fully saturated rings. The number of ether oxygens (including phenoxy) is 1. The first-order valence-electron chi connectivity index (χ1n) is 13.5. The minimum atomic E-state index is -1.15. The molecule has 0 radical (unpaired) electrons. The Kier molecular flexibility index (Phi) is 7.74. The van der Waals surface area contributed by atoms with E-state index < -0.39 is 16.5 Å². The fourth-order valence-electron chi connectivity index (χ4n) is 6.75. The molecule has 0 aromatic heterocycles. The lowest BCUT2D eigenvalue weighted by atomic mass is 9.68. The molecule has 1 N–H and O–H groups in total. The third kappa shape index (κ3) is 5.28. The van der Waals surface area contributed by atoms with Crippen molar-refractivity contribution in [2.24, 2.45) is 17.8 Å². The summed E-state index contributed by atoms with van der Waals surface area (Å²) in [7, 11) is -1.15. The van der Waals surface area contributed by atoms with E-state index in [1.165, 1.54) is 38.6 Å². The summed E-state index contributed by atoms with van der Waals surface area (Å²) in [6.45, 7) is 3.33. The fraction of sp³-hybridized carbons (Fsp3) is 0.846. The van der Waals surface area contributed by atoms with Crippen LogP contribution in [-0.2, 0) is 20.5 Å². The standard InChI is InChI=1S/C26H40N4O3S/c27-19-26(10-11-26)30-14-2-13-29(15-16-33-18-25(30)31)34(32)23-8-6-20(7-9-23)22-5-4-21-3-1-12-28-24(21)17-22/h8,20-22,24,28H,1-7,9-18H2/t20-,21-,22+,24?,34?/m0/s1. The minimum Gasteiger partial charge on any atom is -0.370 e. The Morgan fingerprint density at radius 2 is 1.94 bits per heavy atom. The maximum absolute atomic E-state index is 13.5. The van der Waals surface area contributed by atoms with Crippen LogP contribution in [-0.4, -0.2) is 70.3 Å². The van der Waals surface area contributed by atoms with Gasteiger partial charge in [-0.2, -0.15) is 5.26 Å². The Morgan fingerprint density at radius 3 is 2.71 bits per heavy atom. The molecular formula is C26H40N4O3S. The van der Waals surface area contributed by atoms with E-state index in [-0.39, 0.29) is 12.5 Å². The predicted octanol–water partition coefficient (Wildman–Crippen LogP) is 3.11. The van der Waals surface area contributed by atoms with E-state index >= 15 is 0 Å². The van der Waals surface area contributed by atoms with Gasteiger partial charge in [0.05, 0.1) is 12.7 Å². The Hall–Kier alpha value is -1.27. The van der Waals surface area contributed by atoms with Crippen molar-refractivity contribution >= 4 is 16.9 Å². The van der Waals surface area contributed by atoms with Crippen LogP contribution < -0.4 is 5.32 Å². The Labute approximate surface area is 206 Å². The van der Waals surface area contributed by atoms with Crippen molar-refractivity contribution in [1.82, 2.24) is 14.5 Å². The summed E-state index contributed by atoms with van der Waals surface area (Å²) < 4.78 is 21.1. The third-order valence-electron chi connectivity index (χ3n) is 8.98. The average Bonchev–Trinajstić information content (AvgIpc) is 3.68. The zero-order chi connectivity index (χ0) is 23.5. The second-order valence-corrected chi connectivity index (χ2v) is 12.6. The van der Waals surface area contributed by atoms with Gasteiger partial charge in [0, 0.05) is 30.6 Å². The number of carbonyl (C=O) groups excluding carboxylic acids is 1. The van der Waals surface area contributed by atoms with E-state index in [9.17, 15) is 14.3 Å². The first-order chi connectivity index (χ1) is 16.6. The van der Waals surface area contributed by atoms with E-state index in [0.29, 0.717) is 26.2 Å². The van der Waals surface area contributed by atoms with Crippen molar-refractivity contribution in [3.63, 3.8) is 0 Å². The van der Waals surface area contributed by atoms with Gasteiger partial charge >= 0.3 is 0 Å². The van der Waals surface area contributed by atoms with E-state index in [2.05, 4.69) is 17.5 Å². The molecule has 0 spiro atoms. The fourth-order valence-corrected chi connectivity index (χ4v) is 8.15. The van der Waals surface area contributed by atoms with Crippen molar-refractivity contribution in [3.8, 4) is 6.07 Å². The van der Waals surface area contributed by atoms with Crippen LogP contribution in [0.25, 0.3) is 0 Å². The molecule has 0 aromatic carbocycles. The first-order valence-corrected chi connectivity index (χ1v) is 14.6. The summed E-state index contributed by atoms with van der Waals surface area (Å²) in [4.78, 5) is 15.3. The number of fused-ring (bicyclic) bond motifs is 1. The highest BCUT2D eigenvalue weighted by molar-refractivity contribution is 7.86. The maximum Gasteiger partial charge on any atom is 0.249 e. The molecule has 2 saturated heterocycles. The summed E-state index contributed by atoms with van der Waals surface area (Å²) >= 11 is 0. The quantitative estimate of drug-likeness (QED) is 0.657. The molecule has 34 heavy (non-hydrogen) atoms. The summed E-state index contributed by atoms with van der Waals surface area (Å²) in [5.74, 6) is 2.34. The van der Waals surface area contributed by atoms with E-state index in [4.69, 9.17) is 4.74 Å². The van der Waals surface area contributed by atoms with Crippen molar-refractivity contribution in [1.29, 1.82) is 5.26 Å². The van der Waals surface area contributed by atoms with Gasteiger partial charge in [-0.3, -0.25) is 4.79 Å². The lowest BCUT2D eigenvalue weighted by Gasteiger charge is -2.43. The molecule has 2 aliphatic heterocycles. The SMILES string of the molecule is N#CC1(N2CCCN(S(=O)C3=CC[C@H]([C@@H]4CC[C@@H]5CCCNC5C4)CC3)CCOCC2=O)CC1. The van der Waals surface area contributed by atoms with Crippen LogP contribution in [0, 0.1) is 29.1 Å². The molecular weight excluding hydrogens is 448 g/mol. The normalized spacial score (nSPS) is 36.0. The van der Waals surface area contributed by atoms with Gasteiger partial charge in [-0.05, 0) is 94.9 Å². The lowest BCUT2D eigenvalue weighted by molar-refractivity contribution is -0.138. The summed E-state index contributed by atoms with van der Waals surface area (Å²) in [6, 6.07) is 3.06. The number of nitriles is 1. The number of amides is 1. The summed E-state index contributed by atoms with van der Waals surface area (Å²) in [5.41, 5.74) is -0.628. The van der Waals surface area contributed by atoms with Gasteiger partial charge in [0.2, 0.25) is 5.91 Å². The minimum absolute atomic E-state index is 0.00633. The number of nitrogens with one attached hydrogen (secondary N) is 1.